The maximum absolute atomic E-state index is 14.8. The Bertz CT molecular complexity index is 2520. The van der Waals surface area contributed by atoms with Gasteiger partial charge in [0.05, 0.1) is 24.3 Å². The number of carbonyl (C=O) groups excluding carboxylic acids is 8. The molecular formula is C51H68N10O11S2. The third-order valence-corrected chi connectivity index (χ3v) is 14.5. The number of amides is 7. The van der Waals surface area contributed by atoms with Gasteiger partial charge in [-0.3, -0.25) is 38.4 Å². The molecule has 1 unspecified atom stereocenters. The van der Waals surface area contributed by atoms with Crippen molar-refractivity contribution in [2.75, 3.05) is 24.7 Å². The summed E-state index contributed by atoms with van der Waals surface area (Å²) in [6, 6.07) is 14.4. The number of hydrogen-bond donors (Lipinski definition) is 12. The number of nitrogens with one attached hydrogen (secondary N) is 8. The number of fused-ring (bicyclic) bond motifs is 1. The van der Waals surface area contributed by atoms with Crippen LogP contribution in [0.5, 0.6) is 0 Å². The minimum Gasteiger partial charge on any atom is -0.464 e. The zero-order valence-corrected chi connectivity index (χ0v) is 43.2. The molecule has 0 aliphatic carbocycles. The van der Waals surface area contributed by atoms with Gasteiger partial charge in [0.2, 0.25) is 41.4 Å². The first-order chi connectivity index (χ1) is 35.4. The van der Waals surface area contributed by atoms with Gasteiger partial charge < -0.3 is 68.6 Å². The number of unbranched alkanes of at least 4 members (excludes halogenated alkanes) is 1. The lowest BCUT2D eigenvalue weighted by Crippen LogP contribution is -2.62. The predicted octanol–water partition coefficient (Wildman–Crippen LogP) is -0.235. The van der Waals surface area contributed by atoms with Crippen LogP contribution in [0, 0.1) is 0 Å². The standard InChI is InChI=1S/C51H68N10O11S2/c1-29(62)41(26-72-31(3)64)58-50(70)43-28-74-73-27-42(59-45(65)36(53)22-32-14-6-4-7-15-32)49(69)56-39(23-33-16-8-5-9-17-33)47(67)57-40(24-34-25-54-37-19-11-10-18-35(34)37)48(68)55-38(20-12-13-21-52)46(66)61-44(30(2)63)51(71)60-43/h4-11,14-19,25,29-30,36,38-44,54,62-63H,12-13,20-24,26-28,52-53H2,1-3H3,(H,55,68)(H,56,69)(H,57,67)(H,58,70)(H,59,65)(H,60,71)(H,61,66)/t29-,30-,36-,38+,39+,40-,41-,42+,43?,44+/m1/s1. The van der Waals surface area contributed by atoms with Crippen molar-refractivity contribution in [1.82, 2.24) is 42.2 Å². The minimum absolute atomic E-state index is 0.0213. The fourth-order valence-electron chi connectivity index (χ4n) is 7.92. The van der Waals surface area contributed by atoms with Gasteiger partial charge in [0, 0.05) is 48.4 Å². The molecule has 3 aromatic carbocycles. The van der Waals surface area contributed by atoms with Gasteiger partial charge in [-0.2, -0.15) is 0 Å². The third kappa shape index (κ3) is 18.2. The van der Waals surface area contributed by atoms with Crippen molar-refractivity contribution in [1.29, 1.82) is 0 Å². The first-order valence-corrected chi connectivity index (χ1v) is 26.9. The molecule has 14 N–H and O–H groups in total. The Labute approximate surface area is 437 Å². The summed E-state index contributed by atoms with van der Waals surface area (Å²) in [6.07, 6.45) is -0.279. The van der Waals surface area contributed by atoms with Gasteiger partial charge in [0.15, 0.2) is 0 Å². The smallest absolute Gasteiger partial charge is 0.302 e. The number of aromatic amines is 1. The zero-order chi connectivity index (χ0) is 53.7. The summed E-state index contributed by atoms with van der Waals surface area (Å²) in [6.45, 7) is 3.60. The molecule has 0 radical (unpaired) electrons. The summed E-state index contributed by atoms with van der Waals surface area (Å²) in [4.78, 5) is 115. The van der Waals surface area contributed by atoms with Crippen LogP contribution in [0.2, 0.25) is 0 Å². The fourth-order valence-corrected chi connectivity index (χ4v) is 10.2. The Morgan fingerprint density at radius 2 is 1.32 bits per heavy atom. The lowest BCUT2D eigenvalue weighted by molar-refractivity contribution is -0.143. The van der Waals surface area contributed by atoms with Gasteiger partial charge in [0.1, 0.15) is 42.9 Å². The Balaban J connectivity index is 1.57. The number of para-hydroxylation sites is 1. The van der Waals surface area contributed by atoms with Crippen LogP contribution in [-0.4, -0.2) is 148 Å². The summed E-state index contributed by atoms with van der Waals surface area (Å²) < 4.78 is 5.05. The maximum Gasteiger partial charge on any atom is 0.302 e. The highest BCUT2D eigenvalue weighted by atomic mass is 33.1. The lowest BCUT2D eigenvalue weighted by atomic mass is 10.0. The Morgan fingerprint density at radius 1 is 0.730 bits per heavy atom. The van der Waals surface area contributed by atoms with E-state index in [0.29, 0.717) is 24.0 Å². The van der Waals surface area contributed by atoms with Crippen LogP contribution in [-0.2, 0) is 62.4 Å². The molecule has 400 valence electrons. The van der Waals surface area contributed by atoms with Crippen molar-refractivity contribution < 1.29 is 53.3 Å². The van der Waals surface area contributed by atoms with Crippen molar-refractivity contribution in [2.45, 2.75) is 120 Å². The molecule has 1 saturated heterocycles. The molecule has 1 aliphatic rings. The number of esters is 1. The van der Waals surface area contributed by atoms with Crippen molar-refractivity contribution in [2.24, 2.45) is 11.5 Å². The fraction of sp³-hybridized carbons (Fsp3) is 0.451. The number of aliphatic hydroxyl groups excluding tert-OH is 2. The van der Waals surface area contributed by atoms with Gasteiger partial charge in [-0.25, -0.2) is 0 Å². The molecule has 0 spiro atoms. The highest BCUT2D eigenvalue weighted by Gasteiger charge is 2.36. The van der Waals surface area contributed by atoms with E-state index in [4.69, 9.17) is 16.2 Å². The number of H-pyrrole nitrogens is 1. The zero-order valence-electron chi connectivity index (χ0n) is 41.5. The Hall–Kier alpha value is -6.50. The Morgan fingerprint density at radius 3 is 1.97 bits per heavy atom. The van der Waals surface area contributed by atoms with Crippen molar-refractivity contribution in [3.05, 3.63) is 108 Å². The number of nitrogens with two attached hydrogens (primary N) is 2. The minimum atomic E-state index is -1.69. The summed E-state index contributed by atoms with van der Waals surface area (Å²) in [5.74, 6) is -6.82. The predicted molar refractivity (Wildman–Crippen MR) is 282 cm³/mol. The quantitative estimate of drug-likeness (QED) is 0.0348. The van der Waals surface area contributed by atoms with Crippen LogP contribution in [0.3, 0.4) is 0 Å². The van der Waals surface area contributed by atoms with E-state index in [9.17, 15) is 48.6 Å². The number of ether oxygens (including phenoxy) is 1. The van der Waals surface area contributed by atoms with Crippen LogP contribution >= 0.6 is 21.6 Å². The van der Waals surface area contributed by atoms with Gasteiger partial charge in [-0.1, -0.05) is 100 Å². The number of hydrogen-bond acceptors (Lipinski definition) is 15. The van der Waals surface area contributed by atoms with Crippen LogP contribution < -0.4 is 48.7 Å². The van der Waals surface area contributed by atoms with Gasteiger partial charge in [-0.15, -0.1) is 0 Å². The van der Waals surface area contributed by atoms with E-state index in [-0.39, 0.29) is 43.7 Å². The monoisotopic (exact) mass is 1060 g/mol. The van der Waals surface area contributed by atoms with E-state index in [1.54, 1.807) is 60.8 Å². The highest BCUT2D eigenvalue weighted by Crippen LogP contribution is 2.24. The molecule has 23 heteroatoms. The number of rotatable bonds is 18. The largest absolute Gasteiger partial charge is 0.464 e. The molecular weight excluding hydrogens is 993 g/mol. The molecule has 1 aromatic heterocycles. The van der Waals surface area contributed by atoms with Crippen molar-refractivity contribution in [3.8, 4) is 0 Å². The van der Waals surface area contributed by atoms with E-state index >= 15 is 0 Å². The van der Waals surface area contributed by atoms with Crippen molar-refractivity contribution >= 4 is 79.8 Å². The summed E-state index contributed by atoms with van der Waals surface area (Å²) in [7, 11) is 2.04. The lowest BCUT2D eigenvalue weighted by Gasteiger charge is -2.29. The maximum atomic E-state index is 14.8. The normalized spacial score (nSPS) is 22.3. The second kappa shape index (κ2) is 29.4. The molecule has 4 aromatic rings. The van der Waals surface area contributed by atoms with Crippen molar-refractivity contribution in [3.63, 3.8) is 0 Å². The average Bonchev–Trinajstić information content (AvgIpc) is 3.78. The van der Waals surface area contributed by atoms with Gasteiger partial charge in [0.25, 0.3) is 0 Å². The SMILES string of the molecule is CC(=O)OC[C@@H](NC(=O)C1CSSC[C@H](NC(=O)[C@H](N)Cc2ccccc2)C(=O)N[C@@H](Cc2ccccc2)C(=O)N[C@H](Cc2c[nH]c3ccccc23)C(=O)N[C@@H](CCCCN)C(=O)N[C@@H]([C@@H](C)O)C(=O)N1)[C@@H](C)O. The van der Waals surface area contributed by atoms with E-state index in [1.807, 2.05) is 30.3 Å². The second-order valence-corrected chi connectivity index (χ2v) is 20.6. The Kier molecular flexibility index (Phi) is 23.2. The molecule has 5 rings (SSSR count). The van der Waals surface area contributed by atoms with E-state index in [0.717, 1.165) is 45.0 Å². The number of carbonyl (C=O) groups is 8. The van der Waals surface area contributed by atoms with E-state index in [1.165, 1.54) is 13.8 Å². The number of aromatic nitrogens is 1. The van der Waals surface area contributed by atoms with Crippen LogP contribution in [0.15, 0.2) is 91.1 Å². The molecule has 2 heterocycles. The molecule has 0 saturated carbocycles. The first-order valence-electron chi connectivity index (χ1n) is 24.4. The van der Waals surface area contributed by atoms with Crippen LogP contribution in [0.4, 0.5) is 0 Å². The highest BCUT2D eigenvalue weighted by molar-refractivity contribution is 8.76. The molecule has 1 fully saturated rings. The van der Waals surface area contributed by atoms with Crippen LogP contribution in [0.25, 0.3) is 10.9 Å². The first kappa shape index (κ1) is 58.4. The molecule has 7 amide bonds. The second-order valence-electron chi connectivity index (χ2n) is 18.1. The average molecular weight is 1060 g/mol. The van der Waals surface area contributed by atoms with E-state index < -0.39 is 114 Å². The van der Waals surface area contributed by atoms with Gasteiger partial charge in [-0.05, 0) is 68.8 Å². The number of aliphatic hydroxyl groups is 2. The molecule has 10 atom stereocenters. The summed E-state index contributed by atoms with van der Waals surface area (Å²) in [5, 5.41) is 41.1. The topological polar surface area (TPSA) is 338 Å². The molecule has 1 aliphatic heterocycles. The molecule has 0 bridgehead atoms. The van der Waals surface area contributed by atoms with E-state index in [2.05, 4.69) is 42.2 Å². The number of benzene rings is 3. The molecule has 21 nitrogen and oxygen atoms in total. The summed E-state index contributed by atoms with van der Waals surface area (Å²) >= 11 is 0. The van der Waals surface area contributed by atoms with Crippen LogP contribution in [0.1, 0.15) is 56.7 Å². The van der Waals surface area contributed by atoms with Gasteiger partial charge >= 0.3 is 5.97 Å². The molecule has 74 heavy (non-hydrogen) atoms. The summed E-state index contributed by atoms with van der Waals surface area (Å²) in [5.41, 5.74) is 15.0. The third-order valence-electron chi connectivity index (χ3n) is 12.1.